The van der Waals surface area contributed by atoms with E-state index in [0.29, 0.717) is 23.9 Å². The van der Waals surface area contributed by atoms with Crippen LogP contribution in [0, 0.1) is 6.92 Å². The van der Waals surface area contributed by atoms with Gasteiger partial charge < -0.3 is 14.6 Å². The van der Waals surface area contributed by atoms with Crippen molar-refractivity contribution >= 4 is 23.7 Å². The van der Waals surface area contributed by atoms with Crippen LogP contribution in [0.4, 0.5) is 6.01 Å². The Kier molecular flexibility index (Phi) is 6.14. The number of anilines is 1. The lowest BCUT2D eigenvalue weighted by Crippen LogP contribution is -2.32. The largest absolute Gasteiger partial charge is 0.406 e. The van der Waals surface area contributed by atoms with Crippen LogP contribution in [-0.4, -0.2) is 40.7 Å². The van der Waals surface area contributed by atoms with Crippen LogP contribution in [0.15, 0.2) is 59.0 Å². The summed E-state index contributed by atoms with van der Waals surface area (Å²) in [6.45, 7) is 3.79. The third kappa shape index (κ3) is 4.98. The van der Waals surface area contributed by atoms with Gasteiger partial charge in [0.2, 0.25) is 5.89 Å². The van der Waals surface area contributed by atoms with Gasteiger partial charge in [-0.25, -0.2) is 0 Å². The zero-order valence-corrected chi connectivity index (χ0v) is 17.2. The molecule has 150 valence electrons. The molecule has 29 heavy (non-hydrogen) atoms. The summed E-state index contributed by atoms with van der Waals surface area (Å²) in [6, 6.07) is 17.7. The summed E-state index contributed by atoms with van der Waals surface area (Å²) in [7, 11) is 0. The zero-order valence-electron chi connectivity index (χ0n) is 16.4. The molecule has 1 atom stereocenters. The predicted octanol–water partition coefficient (Wildman–Crippen LogP) is 3.65. The quantitative estimate of drug-likeness (QED) is 0.671. The van der Waals surface area contributed by atoms with E-state index in [9.17, 15) is 4.79 Å². The first kappa shape index (κ1) is 19.5. The Balaban J connectivity index is 1.55. The number of nitrogens with one attached hydrogen (secondary N) is 1. The first-order chi connectivity index (χ1) is 14.2. The van der Waals surface area contributed by atoms with Crippen LogP contribution in [0.2, 0.25) is 0 Å². The summed E-state index contributed by atoms with van der Waals surface area (Å²) in [5.41, 5.74) is 2.82. The highest BCUT2D eigenvalue weighted by Crippen LogP contribution is 2.23. The molecule has 4 rings (SSSR count). The molecule has 1 fully saturated rings. The van der Waals surface area contributed by atoms with E-state index in [0.717, 1.165) is 35.7 Å². The normalized spacial score (nSPS) is 15.1. The molecule has 1 N–H and O–H groups in total. The van der Waals surface area contributed by atoms with Crippen LogP contribution >= 0.6 is 11.8 Å². The number of thioether (sulfide) groups is 1. The molecule has 0 unspecified atom stereocenters. The zero-order chi connectivity index (χ0) is 20.1. The van der Waals surface area contributed by atoms with Crippen molar-refractivity contribution in [2.24, 2.45) is 0 Å². The molecule has 1 aromatic heterocycles. The third-order valence-electron chi connectivity index (χ3n) is 4.91. The summed E-state index contributed by atoms with van der Waals surface area (Å²) in [5, 5.41) is 11.6. The molecule has 0 bridgehead atoms. The predicted molar refractivity (Wildman–Crippen MR) is 115 cm³/mol. The fraction of sp³-hybridized carbons (Fsp3) is 0.318. The van der Waals surface area contributed by atoms with Crippen LogP contribution in [0.5, 0.6) is 0 Å². The number of aryl methyl sites for hydroxylation is 1. The van der Waals surface area contributed by atoms with Crippen LogP contribution < -0.4 is 10.2 Å². The molecule has 0 aliphatic carbocycles. The van der Waals surface area contributed by atoms with Gasteiger partial charge in [0.05, 0.1) is 0 Å². The van der Waals surface area contributed by atoms with Crippen molar-refractivity contribution in [1.29, 1.82) is 0 Å². The topological polar surface area (TPSA) is 71.3 Å². The first-order valence-corrected chi connectivity index (χ1v) is 10.9. The van der Waals surface area contributed by atoms with E-state index in [-0.39, 0.29) is 5.91 Å². The second-order valence-corrected chi connectivity index (χ2v) is 8.33. The fourth-order valence-corrected chi connectivity index (χ4v) is 4.15. The molecule has 2 heterocycles. The van der Waals surface area contributed by atoms with Crippen molar-refractivity contribution in [3.8, 4) is 0 Å². The molecule has 1 saturated heterocycles. The summed E-state index contributed by atoms with van der Waals surface area (Å²) >= 11 is 1.93. The van der Waals surface area contributed by atoms with E-state index < -0.39 is 6.04 Å². The molecule has 6 nitrogen and oxygen atoms in total. The van der Waals surface area contributed by atoms with Gasteiger partial charge >= 0.3 is 6.01 Å². The minimum Gasteiger partial charge on any atom is -0.406 e. The van der Waals surface area contributed by atoms with Crippen molar-refractivity contribution in [2.75, 3.05) is 29.5 Å². The highest BCUT2D eigenvalue weighted by atomic mass is 32.2. The molecule has 0 spiro atoms. The molecule has 1 aliphatic rings. The lowest BCUT2D eigenvalue weighted by Gasteiger charge is -2.24. The van der Waals surface area contributed by atoms with Gasteiger partial charge in [0.15, 0.2) is 0 Å². The van der Waals surface area contributed by atoms with Gasteiger partial charge in [0, 0.05) is 36.6 Å². The maximum absolute atomic E-state index is 12.8. The summed E-state index contributed by atoms with van der Waals surface area (Å²) in [4.78, 5) is 14.9. The van der Waals surface area contributed by atoms with Crippen molar-refractivity contribution in [1.82, 2.24) is 15.5 Å². The number of amides is 1. The van der Waals surface area contributed by atoms with Crippen LogP contribution in [0.3, 0.4) is 0 Å². The fourth-order valence-electron chi connectivity index (χ4n) is 3.25. The molecule has 3 aromatic rings. The van der Waals surface area contributed by atoms with E-state index in [1.54, 1.807) is 0 Å². The first-order valence-electron chi connectivity index (χ1n) is 9.76. The van der Waals surface area contributed by atoms with E-state index >= 15 is 0 Å². The van der Waals surface area contributed by atoms with Gasteiger partial charge in [-0.3, -0.25) is 4.79 Å². The third-order valence-corrected chi connectivity index (χ3v) is 5.85. The number of nitrogens with zero attached hydrogens (tertiary/aromatic N) is 3. The summed E-state index contributed by atoms with van der Waals surface area (Å²) in [6.07, 6.45) is 0.579. The molecule has 2 aromatic carbocycles. The molecular weight excluding hydrogens is 384 g/mol. The van der Waals surface area contributed by atoms with Crippen molar-refractivity contribution in [3.63, 3.8) is 0 Å². The molecular formula is C22H24N4O2S. The number of rotatable bonds is 6. The van der Waals surface area contributed by atoms with E-state index in [2.05, 4.69) is 20.4 Å². The Bertz CT molecular complexity index is 937. The van der Waals surface area contributed by atoms with Crippen molar-refractivity contribution < 1.29 is 9.21 Å². The average Bonchev–Trinajstić information content (AvgIpc) is 3.25. The molecule has 7 heteroatoms. The van der Waals surface area contributed by atoms with E-state index in [4.69, 9.17) is 4.42 Å². The van der Waals surface area contributed by atoms with Crippen LogP contribution in [-0.2, 0) is 6.42 Å². The number of carbonyl (C=O) groups excluding carboxylic acids is 1. The number of benzene rings is 2. The Morgan fingerprint density at radius 2 is 1.83 bits per heavy atom. The van der Waals surface area contributed by atoms with Gasteiger partial charge in [-0.15, -0.1) is 5.10 Å². The Labute approximate surface area is 174 Å². The number of aromatic nitrogens is 2. The standard InChI is InChI=1S/C22H24N4O2S/c1-16-7-9-18(10-8-16)20(27)23-19(15-17-5-3-2-4-6-17)21-24-25-22(28-21)26-11-13-29-14-12-26/h2-10,19H,11-15H2,1H3,(H,23,27)/t19-/m1/s1. The SMILES string of the molecule is Cc1ccc(C(=O)N[C@H](Cc2ccccc2)c2nnc(N3CCSCC3)o2)cc1. The maximum Gasteiger partial charge on any atom is 0.318 e. The lowest BCUT2D eigenvalue weighted by atomic mass is 10.0. The van der Waals surface area contributed by atoms with Gasteiger partial charge in [-0.2, -0.15) is 11.8 Å². The summed E-state index contributed by atoms with van der Waals surface area (Å²) in [5.74, 6) is 2.38. The van der Waals surface area contributed by atoms with E-state index in [1.807, 2.05) is 73.3 Å². The Morgan fingerprint density at radius 3 is 2.55 bits per heavy atom. The highest BCUT2D eigenvalue weighted by molar-refractivity contribution is 7.99. The number of hydrogen-bond donors (Lipinski definition) is 1. The van der Waals surface area contributed by atoms with Crippen LogP contribution in [0.25, 0.3) is 0 Å². The monoisotopic (exact) mass is 408 g/mol. The van der Waals surface area contributed by atoms with Crippen LogP contribution in [0.1, 0.15) is 33.4 Å². The smallest absolute Gasteiger partial charge is 0.318 e. The molecule has 0 saturated carbocycles. The maximum atomic E-state index is 12.8. The molecule has 0 radical (unpaired) electrons. The minimum atomic E-state index is -0.397. The molecule has 1 amide bonds. The number of hydrogen-bond acceptors (Lipinski definition) is 6. The highest BCUT2D eigenvalue weighted by Gasteiger charge is 2.24. The van der Waals surface area contributed by atoms with Gasteiger partial charge in [-0.1, -0.05) is 53.1 Å². The van der Waals surface area contributed by atoms with Gasteiger partial charge in [0.1, 0.15) is 6.04 Å². The van der Waals surface area contributed by atoms with Crippen molar-refractivity contribution in [2.45, 2.75) is 19.4 Å². The average molecular weight is 409 g/mol. The Morgan fingerprint density at radius 1 is 1.10 bits per heavy atom. The second kappa shape index (κ2) is 9.13. The van der Waals surface area contributed by atoms with E-state index in [1.165, 1.54) is 0 Å². The number of carbonyl (C=O) groups is 1. The van der Waals surface area contributed by atoms with Crippen molar-refractivity contribution in [3.05, 3.63) is 77.2 Å². The lowest BCUT2D eigenvalue weighted by molar-refractivity contribution is 0.0930. The summed E-state index contributed by atoms with van der Waals surface area (Å²) < 4.78 is 5.99. The van der Waals surface area contributed by atoms with Gasteiger partial charge in [0.25, 0.3) is 5.91 Å². The second-order valence-electron chi connectivity index (χ2n) is 7.10. The minimum absolute atomic E-state index is 0.153. The molecule has 1 aliphatic heterocycles. The van der Waals surface area contributed by atoms with Gasteiger partial charge in [-0.05, 0) is 24.6 Å². The Hall–Kier alpha value is -2.80.